The Balaban J connectivity index is 0.00000220. The Morgan fingerprint density at radius 3 is 2.71 bits per heavy atom. The van der Waals surface area contributed by atoms with Crippen molar-refractivity contribution in [3.05, 3.63) is 33.8 Å². The van der Waals surface area contributed by atoms with Crippen LogP contribution in [0.4, 0.5) is 0 Å². The van der Waals surface area contributed by atoms with Gasteiger partial charge in [0.25, 0.3) is 0 Å². The van der Waals surface area contributed by atoms with Gasteiger partial charge >= 0.3 is 0 Å². The summed E-state index contributed by atoms with van der Waals surface area (Å²) in [5.41, 5.74) is 6.83. The average Bonchev–Trinajstić information content (AvgIpc) is 2.79. The molecule has 3 N–H and O–H groups in total. The number of nitrogens with one attached hydrogen (secondary N) is 1. The van der Waals surface area contributed by atoms with E-state index in [9.17, 15) is 4.79 Å². The third kappa shape index (κ3) is 5.33. The zero-order chi connectivity index (χ0) is 14.7. The Morgan fingerprint density at radius 1 is 1.43 bits per heavy atom. The van der Waals surface area contributed by atoms with Crippen LogP contribution in [0.2, 0.25) is 10.0 Å². The molecule has 3 nitrogen and oxygen atoms in total. The van der Waals surface area contributed by atoms with Crippen molar-refractivity contribution in [3.8, 4) is 0 Å². The van der Waals surface area contributed by atoms with Gasteiger partial charge in [0.1, 0.15) is 0 Å². The number of amides is 1. The maximum absolute atomic E-state index is 12.1. The van der Waals surface area contributed by atoms with Crippen LogP contribution in [0, 0.1) is 5.92 Å². The summed E-state index contributed by atoms with van der Waals surface area (Å²) in [6.45, 7) is 1.98. The zero-order valence-electron chi connectivity index (χ0n) is 11.9. The molecule has 0 saturated heterocycles. The Kier molecular flexibility index (Phi) is 7.28. The summed E-state index contributed by atoms with van der Waals surface area (Å²) in [5.74, 6) is 0.170. The van der Waals surface area contributed by atoms with Gasteiger partial charge in [-0.15, -0.1) is 12.4 Å². The van der Waals surface area contributed by atoms with E-state index in [4.69, 9.17) is 28.9 Å². The topological polar surface area (TPSA) is 55.1 Å². The minimum Gasteiger partial charge on any atom is -0.353 e. The lowest BCUT2D eigenvalue weighted by Gasteiger charge is -2.18. The van der Waals surface area contributed by atoms with Gasteiger partial charge in [0.05, 0.1) is 0 Å². The first-order valence-corrected chi connectivity index (χ1v) is 7.71. The van der Waals surface area contributed by atoms with Crippen molar-refractivity contribution in [2.75, 3.05) is 0 Å². The highest BCUT2D eigenvalue weighted by atomic mass is 35.5. The highest BCUT2D eigenvalue weighted by molar-refractivity contribution is 6.35. The van der Waals surface area contributed by atoms with Crippen LogP contribution in [-0.4, -0.2) is 18.0 Å². The highest BCUT2D eigenvalue weighted by Crippen LogP contribution is 2.25. The van der Waals surface area contributed by atoms with Crippen molar-refractivity contribution in [2.24, 2.45) is 11.7 Å². The van der Waals surface area contributed by atoms with Gasteiger partial charge in [0, 0.05) is 28.0 Å². The second-order valence-electron chi connectivity index (χ2n) is 5.62. The lowest BCUT2D eigenvalue weighted by Crippen LogP contribution is -2.38. The van der Waals surface area contributed by atoms with Gasteiger partial charge in [-0.2, -0.15) is 0 Å². The molecular formula is C15H21Cl3N2O. The van der Waals surface area contributed by atoms with E-state index < -0.39 is 0 Å². The standard InChI is InChI=1S/C15H20Cl2N2O.ClH/c1-9(6-10-2-4-12(16)8-14(10)17)19-15(20)11-3-5-13(18)7-11;/h2,4,8-9,11,13H,3,5-7,18H2,1H3,(H,19,20);1H. The second kappa shape index (κ2) is 8.23. The summed E-state index contributed by atoms with van der Waals surface area (Å²) >= 11 is 12.0. The van der Waals surface area contributed by atoms with Gasteiger partial charge in [-0.05, 0) is 50.3 Å². The van der Waals surface area contributed by atoms with E-state index in [2.05, 4.69) is 5.32 Å². The summed E-state index contributed by atoms with van der Waals surface area (Å²) in [6, 6.07) is 5.65. The number of halogens is 3. The number of carbonyl (C=O) groups excluding carboxylic acids is 1. The zero-order valence-corrected chi connectivity index (χ0v) is 14.3. The normalized spacial score (nSPS) is 22.5. The predicted octanol–water partition coefficient (Wildman–Crippen LogP) is 3.59. The molecule has 0 aliphatic heterocycles. The van der Waals surface area contributed by atoms with E-state index in [1.54, 1.807) is 6.07 Å². The largest absolute Gasteiger partial charge is 0.353 e. The smallest absolute Gasteiger partial charge is 0.223 e. The molecule has 1 aromatic rings. The van der Waals surface area contributed by atoms with Gasteiger partial charge in [0.15, 0.2) is 0 Å². The maximum Gasteiger partial charge on any atom is 0.223 e. The van der Waals surface area contributed by atoms with E-state index in [0.29, 0.717) is 16.5 Å². The SMILES string of the molecule is CC(Cc1ccc(Cl)cc1Cl)NC(=O)C1CCC(N)C1.Cl. The fourth-order valence-electron chi connectivity index (χ4n) is 2.68. The summed E-state index contributed by atoms with van der Waals surface area (Å²) in [6.07, 6.45) is 3.32. The summed E-state index contributed by atoms with van der Waals surface area (Å²) in [4.78, 5) is 12.1. The molecule has 1 fully saturated rings. The van der Waals surface area contributed by atoms with Crippen LogP contribution >= 0.6 is 35.6 Å². The van der Waals surface area contributed by atoms with Crippen LogP contribution < -0.4 is 11.1 Å². The van der Waals surface area contributed by atoms with E-state index >= 15 is 0 Å². The van der Waals surface area contributed by atoms with Gasteiger partial charge in [-0.25, -0.2) is 0 Å². The molecule has 0 heterocycles. The number of carbonyl (C=O) groups is 1. The molecule has 1 saturated carbocycles. The molecule has 1 aromatic carbocycles. The maximum atomic E-state index is 12.1. The van der Waals surface area contributed by atoms with Crippen LogP contribution in [0.1, 0.15) is 31.7 Å². The molecule has 6 heteroatoms. The fourth-order valence-corrected chi connectivity index (χ4v) is 3.17. The quantitative estimate of drug-likeness (QED) is 0.871. The monoisotopic (exact) mass is 350 g/mol. The first kappa shape index (κ1) is 18.6. The molecule has 118 valence electrons. The third-order valence-electron chi connectivity index (χ3n) is 3.77. The van der Waals surface area contributed by atoms with E-state index in [0.717, 1.165) is 24.8 Å². The van der Waals surface area contributed by atoms with Crippen LogP contribution in [0.15, 0.2) is 18.2 Å². The Morgan fingerprint density at radius 2 is 2.14 bits per heavy atom. The van der Waals surface area contributed by atoms with Gasteiger partial charge < -0.3 is 11.1 Å². The number of benzene rings is 1. The summed E-state index contributed by atoms with van der Waals surface area (Å²) in [7, 11) is 0. The molecular weight excluding hydrogens is 331 g/mol. The molecule has 1 amide bonds. The minimum absolute atomic E-state index is 0. The van der Waals surface area contributed by atoms with Crippen molar-refractivity contribution in [2.45, 2.75) is 44.7 Å². The number of rotatable bonds is 4. The van der Waals surface area contributed by atoms with Crippen LogP contribution in [0.5, 0.6) is 0 Å². The second-order valence-corrected chi connectivity index (χ2v) is 6.46. The predicted molar refractivity (Wildman–Crippen MR) is 90.3 cm³/mol. The molecule has 1 aliphatic carbocycles. The molecule has 0 aromatic heterocycles. The summed E-state index contributed by atoms with van der Waals surface area (Å²) in [5, 5.41) is 4.31. The molecule has 2 rings (SSSR count). The first-order valence-electron chi connectivity index (χ1n) is 6.95. The van der Waals surface area contributed by atoms with Crippen molar-refractivity contribution < 1.29 is 4.79 Å². The van der Waals surface area contributed by atoms with Crippen molar-refractivity contribution in [3.63, 3.8) is 0 Å². The van der Waals surface area contributed by atoms with Gasteiger partial charge in [-0.3, -0.25) is 4.79 Å². The third-order valence-corrected chi connectivity index (χ3v) is 4.36. The van der Waals surface area contributed by atoms with E-state index in [1.165, 1.54) is 0 Å². The lowest BCUT2D eigenvalue weighted by molar-refractivity contribution is -0.125. The number of hydrogen-bond donors (Lipinski definition) is 2. The van der Waals surface area contributed by atoms with E-state index in [-0.39, 0.29) is 36.3 Å². The molecule has 3 unspecified atom stereocenters. The Hall–Kier alpha value is -0.480. The van der Waals surface area contributed by atoms with Crippen LogP contribution in [0.25, 0.3) is 0 Å². The van der Waals surface area contributed by atoms with E-state index in [1.807, 2.05) is 19.1 Å². The summed E-state index contributed by atoms with van der Waals surface area (Å²) < 4.78 is 0. The highest BCUT2D eigenvalue weighted by Gasteiger charge is 2.28. The van der Waals surface area contributed by atoms with Gasteiger partial charge in [-0.1, -0.05) is 29.3 Å². The number of hydrogen-bond acceptors (Lipinski definition) is 2. The molecule has 0 radical (unpaired) electrons. The lowest BCUT2D eigenvalue weighted by atomic mass is 10.0. The molecule has 3 atom stereocenters. The van der Waals surface area contributed by atoms with Crippen LogP contribution in [0.3, 0.4) is 0 Å². The first-order chi connectivity index (χ1) is 9.45. The van der Waals surface area contributed by atoms with Crippen LogP contribution in [-0.2, 0) is 11.2 Å². The average molecular weight is 352 g/mol. The van der Waals surface area contributed by atoms with Crippen molar-refractivity contribution in [1.29, 1.82) is 0 Å². The van der Waals surface area contributed by atoms with Gasteiger partial charge in [0.2, 0.25) is 5.91 Å². The molecule has 1 aliphatic rings. The van der Waals surface area contributed by atoms with Crippen molar-refractivity contribution in [1.82, 2.24) is 5.32 Å². The number of nitrogens with two attached hydrogens (primary N) is 1. The van der Waals surface area contributed by atoms with Crippen molar-refractivity contribution >= 4 is 41.5 Å². The molecule has 0 spiro atoms. The fraction of sp³-hybridized carbons (Fsp3) is 0.533. The minimum atomic E-state index is 0. The Labute approximate surface area is 142 Å². The Bertz CT molecular complexity index is 496. The molecule has 0 bridgehead atoms. The molecule has 21 heavy (non-hydrogen) atoms.